The summed E-state index contributed by atoms with van der Waals surface area (Å²) in [5.41, 5.74) is 7.88. The molecule has 0 fully saturated rings. The molecule has 3 N–H and O–H groups in total. The number of carbonyl (C=O) groups excluding carboxylic acids is 1. The molecule has 2 aromatic carbocycles. The highest BCUT2D eigenvalue weighted by Crippen LogP contribution is 2.16. The Balaban J connectivity index is 1.94. The quantitative estimate of drug-likeness (QED) is 0.854. The van der Waals surface area contributed by atoms with Gasteiger partial charge in [0.2, 0.25) is 0 Å². The van der Waals surface area contributed by atoms with Crippen LogP contribution in [0.4, 0.5) is 0 Å². The van der Waals surface area contributed by atoms with Crippen LogP contribution in [0.15, 0.2) is 60.7 Å². The van der Waals surface area contributed by atoms with Crippen LogP contribution >= 0.6 is 0 Å². The van der Waals surface area contributed by atoms with E-state index < -0.39 is 6.10 Å². The van der Waals surface area contributed by atoms with Crippen molar-refractivity contribution in [2.45, 2.75) is 12.1 Å². The van der Waals surface area contributed by atoms with Gasteiger partial charge in [-0.05, 0) is 11.1 Å². The fourth-order valence-electron chi connectivity index (χ4n) is 2.14. The Morgan fingerprint density at radius 3 is 2.10 bits per heavy atom. The number of hydrogen-bond donors (Lipinski definition) is 2. The molecule has 0 heterocycles. The van der Waals surface area contributed by atoms with Gasteiger partial charge in [-0.1, -0.05) is 60.7 Å². The average Bonchev–Trinajstić information content (AvgIpc) is 2.55. The van der Waals surface area contributed by atoms with E-state index in [0.29, 0.717) is 6.54 Å². The van der Waals surface area contributed by atoms with E-state index in [2.05, 4.69) is 5.32 Å². The van der Waals surface area contributed by atoms with E-state index in [1.165, 1.54) is 7.11 Å². The van der Waals surface area contributed by atoms with Gasteiger partial charge >= 0.3 is 0 Å². The molecule has 0 aliphatic heterocycles. The average molecular weight is 284 g/mol. The Kier molecular flexibility index (Phi) is 5.49. The third kappa shape index (κ3) is 4.15. The molecule has 110 valence electrons. The molecule has 0 aliphatic rings. The molecule has 0 radical (unpaired) electrons. The van der Waals surface area contributed by atoms with Crippen LogP contribution in [-0.4, -0.2) is 19.6 Å². The normalized spacial score (nSPS) is 13.4. The van der Waals surface area contributed by atoms with Gasteiger partial charge in [-0.2, -0.15) is 0 Å². The summed E-state index contributed by atoms with van der Waals surface area (Å²) in [7, 11) is 1.52. The predicted molar refractivity (Wildman–Crippen MR) is 82.6 cm³/mol. The molecule has 2 aromatic rings. The van der Waals surface area contributed by atoms with E-state index in [1.807, 2.05) is 60.7 Å². The SMILES string of the molecule is CO[C@H](C(=O)NC[C@H](N)c1ccccc1)c1ccccc1. The van der Waals surface area contributed by atoms with E-state index in [4.69, 9.17) is 10.5 Å². The van der Waals surface area contributed by atoms with Crippen molar-refractivity contribution in [1.82, 2.24) is 5.32 Å². The van der Waals surface area contributed by atoms with Crippen molar-refractivity contribution in [3.63, 3.8) is 0 Å². The molecule has 2 rings (SSSR count). The third-order valence-corrected chi connectivity index (χ3v) is 3.30. The minimum Gasteiger partial charge on any atom is -0.367 e. The first-order valence-corrected chi connectivity index (χ1v) is 6.88. The first-order chi connectivity index (χ1) is 10.2. The lowest BCUT2D eigenvalue weighted by molar-refractivity contribution is -0.131. The van der Waals surface area contributed by atoms with E-state index in [0.717, 1.165) is 11.1 Å². The summed E-state index contributed by atoms with van der Waals surface area (Å²) >= 11 is 0. The van der Waals surface area contributed by atoms with E-state index >= 15 is 0 Å². The van der Waals surface area contributed by atoms with Crippen molar-refractivity contribution >= 4 is 5.91 Å². The van der Waals surface area contributed by atoms with Crippen LogP contribution in [0.5, 0.6) is 0 Å². The number of nitrogens with one attached hydrogen (secondary N) is 1. The second-order valence-electron chi connectivity index (χ2n) is 4.79. The number of methoxy groups -OCH3 is 1. The predicted octanol–water partition coefficient (Wildman–Crippen LogP) is 2.19. The van der Waals surface area contributed by atoms with Crippen molar-refractivity contribution in [1.29, 1.82) is 0 Å². The lowest BCUT2D eigenvalue weighted by Crippen LogP contribution is -2.35. The Hall–Kier alpha value is -2.17. The van der Waals surface area contributed by atoms with Crippen LogP contribution in [0, 0.1) is 0 Å². The Labute approximate surface area is 124 Å². The zero-order chi connectivity index (χ0) is 15.1. The van der Waals surface area contributed by atoms with Gasteiger partial charge in [-0.15, -0.1) is 0 Å². The maximum absolute atomic E-state index is 12.2. The highest BCUT2D eigenvalue weighted by Gasteiger charge is 2.20. The Morgan fingerprint density at radius 1 is 1.05 bits per heavy atom. The fourth-order valence-corrected chi connectivity index (χ4v) is 2.14. The molecule has 0 saturated heterocycles. The van der Waals surface area contributed by atoms with Crippen LogP contribution in [0.25, 0.3) is 0 Å². The topological polar surface area (TPSA) is 64.3 Å². The van der Waals surface area contributed by atoms with E-state index in [-0.39, 0.29) is 11.9 Å². The monoisotopic (exact) mass is 284 g/mol. The highest BCUT2D eigenvalue weighted by molar-refractivity contribution is 5.82. The standard InChI is InChI=1S/C17H20N2O2/c1-21-16(14-10-6-3-7-11-14)17(20)19-12-15(18)13-8-4-2-5-9-13/h2-11,15-16H,12,18H2,1H3,(H,19,20)/t15-,16-/m0/s1. The summed E-state index contributed by atoms with van der Waals surface area (Å²) in [5, 5.41) is 2.84. The van der Waals surface area contributed by atoms with Gasteiger partial charge in [0.25, 0.3) is 5.91 Å². The number of hydrogen-bond acceptors (Lipinski definition) is 3. The van der Waals surface area contributed by atoms with E-state index in [9.17, 15) is 4.79 Å². The summed E-state index contributed by atoms with van der Waals surface area (Å²) in [5.74, 6) is -0.185. The molecular weight excluding hydrogens is 264 g/mol. The van der Waals surface area contributed by atoms with E-state index in [1.54, 1.807) is 0 Å². The van der Waals surface area contributed by atoms with Gasteiger partial charge in [0.15, 0.2) is 6.10 Å². The second kappa shape index (κ2) is 7.57. The summed E-state index contributed by atoms with van der Waals surface area (Å²) in [6, 6.07) is 18.8. The van der Waals surface area contributed by atoms with Crippen LogP contribution < -0.4 is 11.1 Å². The van der Waals surface area contributed by atoms with Gasteiger partial charge in [0, 0.05) is 19.7 Å². The number of benzene rings is 2. The van der Waals surface area contributed by atoms with Gasteiger partial charge in [-0.25, -0.2) is 0 Å². The summed E-state index contributed by atoms with van der Waals surface area (Å²) < 4.78 is 5.28. The van der Waals surface area contributed by atoms with Crippen LogP contribution in [0.3, 0.4) is 0 Å². The van der Waals surface area contributed by atoms with Crippen molar-refractivity contribution in [3.8, 4) is 0 Å². The number of ether oxygens (including phenoxy) is 1. The number of amides is 1. The molecule has 0 bridgehead atoms. The lowest BCUT2D eigenvalue weighted by atomic mass is 10.1. The van der Waals surface area contributed by atoms with Gasteiger partial charge < -0.3 is 15.8 Å². The highest BCUT2D eigenvalue weighted by atomic mass is 16.5. The molecule has 1 amide bonds. The van der Waals surface area contributed by atoms with Crippen molar-refractivity contribution < 1.29 is 9.53 Å². The van der Waals surface area contributed by atoms with Crippen LogP contribution in [-0.2, 0) is 9.53 Å². The molecule has 0 spiro atoms. The number of carbonyl (C=O) groups is 1. The molecule has 0 aliphatic carbocycles. The van der Waals surface area contributed by atoms with Crippen molar-refractivity contribution in [2.24, 2.45) is 5.73 Å². The first-order valence-electron chi connectivity index (χ1n) is 6.88. The summed E-state index contributed by atoms with van der Waals surface area (Å²) in [4.78, 5) is 12.2. The largest absolute Gasteiger partial charge is 0.367 e. The minimum atomic E-state index is -0.617. The van der Waals surface area contributed by atoms with Gasteiger partial charge in [-0.3, -0.25) is 4.79 Å². The number of rotatable bonds is 6. The molecule has 21 heavy (non-hydrogen) atoms. The maximum Gasteiger partial charge on any atom is 0.253 e. The van der Waals surface area contributed by atoms with Crippen LogP contribution in [0.1, 0.15) is 23.3 Å². The zero-order valence-electron chi connectivity index (χ0n) is 12.0. The smallest absolute Gasteiger partial charge is 0.253 e. The summed E-state index contributed by atoms with van der Waals surface area (Å²) in [6.07, 6.45) is -0.617. The Morgan fingerprint density at radius 2 is 1.57 bits per heavy atom. The van der Waals surface area contributed by atoms with Crippen LogP contribution in [0.2, 0.25) is 0 Å². The molecule has 0 aromatic heterocycles. The van der Waals surface area contributed by atoms with Crippen molar-refractivity contribution in [3.05, 3.63) is 71.8 Å². The minimum absolute atomic E-state index is 0.185. The van der Waals surface area contributed by atoms with Gasteiger partial charge in [0.1, 0.15) is 0 Å². The molecule has 4 nitrogen and oxygen atoms in total. The van der Waals surface area contributed by atoms with Gasteiger partial charge in [0.05, 0.1) is 0 Å². The second-order valence-corrected chi connectivity index (χ2v) is 4.79. The molecule has 2 atom stereocenters. The molecule has 0 unspecified atom stereocenters. The molecular formula is C17H20N2O2. The molecule has 4 heteroatoms. The van der Waals surface area contributed by atoms with Crippen molar-refractivity contribution in [2.75, 3.05) is 13.7 Å². The first kappa shape index (κ1) is 15.2. The third-order valence-electron chi connectivity index (χ3n) is 3.30. The number of nitrogens with two attached hydrogens (primary N) is 1. The summed E-state index contributed by atoms with van der Waals surface area (Å²) in [6.45, 7) is 0.371. The lowest BCUT2D eigenvalue weighted by Gasteiger charge is -2.18. The zero-order valence-corrected chi connectivity index (χ0v) is 12.0. The Bertz CT molecular complexity index is 558. The fraction of sp³-hybridized carbons (Fsp3) is 0.235. The molecule has 0 saturated carbocycles. The maximum atomic E-state index is 12.2.